The molecular formula is C20H23F3N4O5S. The first-order chi connectivity index (χ1) is 15.3. The number of hydrogen-bond acceptors (Lipinski definition) is 6. The molecule has 1 atom stereocenters. The maximum atomic E-state index is 12.9. The summed E-state index contributed by atoms with van der Waals surface area (Å²) in [6.07, 6.45) is -2.22. The third kappa shape index (κ3) is 6.58. The quantitative estimate of drug-likeness (QED) is 0.597. The molecule has 1 saturated carbocycles. The second kappa shape index (κ2) is 9.18. The van der Waals surface area contributed by atoms with E-state index in [2.05, 4.69) is 14.8 Å². The van der Waals surface area contributed by atoms with Crippen LogP contribution in [0.25, 0.3) is 0 Å². The van der Waals surface area contributed by atoms with Gasteiger partial charge >= 0.3 is 6.36 Å². The van der Waals surface area contributed by atoms with Crippen LogP contribution in [0.2, 0.25) is 0 Å². The van der Waals surface area contributed by atoms with Gasteiger partial charge in [-0.25, -0.2) is 8.42 Å². The van der Waals surface area contributed by atoms with Crippen molar-refractivity contribution >= 4 is 21.8 Å². The molecular weight excluding hydrogens is 465 g/mol. The zero-order chi connectivity index (χ0) is 24.4. The molecule has 3 rings (SSSR count). The number of nitrogens with zero attached hydrogens (tertiary/aromatic N) is 2. The number of carbonyl (C=O) groups excluding carboxylic acids is 2. The lowest BCUT2D eigenvalue weighted by molar-refractivity contribution is -0.274. The smallest absolute Gasteiger partial charge is 0.405 e. The first-order valence-electron chi connectivity index (χ1n) is 10.2. The summed E-state index contributed by atoms with van der Waals surface area (Å²) in [4.78, 5) is 27.0. The Bertz CT molecular complexity index is 1080. The van der Waals surface area contributed by atoms with Gasteiger partial charge in [-0.2, -0.15) is 9.98 Å². The van der Waals surface area contributed by atoms with Crippen molar-refractivity contribution in [1.82, 2.24) is 14.9 Å². The van der Waals surface area contributed by atoms with Gasteiger partial charge in [0.2, 0.25) is 21.8 Å². The van der Waals surface area contributed by atoms with Gasteiger partial charge in [0.25, 0.3) is 0 Å². The van der Waals surface area contributed by atoms with Crippen LogP contribution in [0.1, 0.15) is 36.8 Å². The van der Waals surface area contributed by atoms with Crippen LogP contribution in [0, 0.1) is 17.2 Å². The molecule has 1 aliphatic heterocycles. The highest BCUT2D eigenvalue weighted by Crippen LogP contribution is 2.39. The van der Waals surface area contributed by atoms with E-state index in [0.29, 0.717) is 32.2 Å². The molecule has 1 aliphatic carbocycles. The van der Waals surface area contributed by atoms with Crippen LogP contribution in [0.3, 0.4) is 0 Å². The molecule has 180 valence electrons. The molecule has 9 nitrogen and oxygen atoms in total. The Morgan fingerprint density at radius 2 is 2.03 bits per heavy atom. The van der Waals surface area contributed by atoms with Crippen LogP contribution in [0.15, 0.2) is 18.2 Å². The van der Waals surface area contributed by atoms with Crippen molar-refractivity contribution in [2.45, 2.75) is 44.1 Å². The van der Waals surface area contributed by atoms with Gasteiger partial charge in [0, 0.05) is 25.2 Å². The third-order valence-corrected chi connectivity index (χ3v) is 6.26. The van der Waals surface area contributed by atoms with E-state index in [1.165, 1.54) is 17.0 Å². The van der Waals surface area contributed by atoms with Crippen molar-refractivity contribution < 1.29 is 35.9 Å². The number of amides is 2. The first kappa shape index (κ1) is 24.8. The number of rotatable bonds is 7. The molecule has 1 aromatic carbocycles. The molecule has 2 aliphatic rings. The molecule has 1 heterocycles. The van der Waals surface area contributed by atoms with Crippen LogP contribution in [-0.2, 0) is 26.2 Å². The van der Waals surface area contributed by atoms with E-state index in [1.54, 1.807) is 6.07 Å². The van der Waals surface area contributed by atoms with E-state index in [1.807, 2.05) is 0 Å². The second-order valence-corrected chi connectivity index (χ2v) is 10.00. The molecule has 0 aromatic heterocycles. The number of nitriles is 1. The van der Waals surface area contributed by atoms with E-state index in [0.717, 1.165) is 12.3 Å². The highest BCUT2D eigenvalue weighted by Gasteiger charge is 2.54. The number of benzene rings is 1. The molecule has 2 N–H and O–H groups in total. The molecule has 0 radical (unpaired) electrons. The molecule has 1 unspecified atom stereocenters. The largest absolute Gasteiger partial charge is 0.573 e. The zero-order valence-electron chi connectivity index (χ0n) is 17.7. The zero-order valence-corrected chi connectivity index (χ0v) is 18.6. The van der Waals surface area contributed by atoms with E-state index < -0.39 is 39.5 Å². The summed E-state index contributed by atoms with van der Waals surface area (Å²) in [5.74, 6) is -2.00. The van der Waals surface area contributed by atoms with Gasteiger partial charge < -0.3 is 15.0 Å². The van der Waals surface area contributed by atoms with Crippen LogP contribution < -0.4 is 14.8 Å². The molecule has 2 amide bonds. The van der Waals surface area contributed by atoms with Gasteiger partial charge in [0.05, 0.1) is 23.8 Å². The number of likely N-dealkylation sites (tertiary alicyclic amines) is 1. The summed E-state index contributed by atoms with van der Waals surface area (Å²) in [5.41, 5.74) is -1.14. The van der Waals surface area contributed by atoms with Gasteiger partial charge in [-0.1, -0.05) is 6.07 Å². The summed E-state index contributed by atoms with van der Waals surface area (Å²) in [6, 6.07) is 5.26. The first-order valence-corrected chi connectivity index (χ1v) is 12.1. The van der Waals surface area contributed by atoms with Crippen molar-refractivity contribution in [3.05, 3.63) is 29.3 Å². The molecule has 33 heavy (non-hydrogen) atoms. The fourth-order valence-corrected chi connectivity index (χ4v) is 4.84. The number of sulfonamides is 1. The SMILES string of the molecule is CS(=O)(=O)NC1(C(=O)N2CCCC(C(=O)NCc3ccc(C#N)cc3OC(F)(F)F)C2)CC1. The average Bonchev–Trinajstić information content (AvgIpc) is 3.49. The monoisotopic (exact) mass is 488 g/mol. The summed E-state index contributed by atoms with van der Waals surface area (Å²) in [7, 11) is -3.58. The van der Waals surface area contributed by atoms with Crippen molar-refractivity contribution in [2.75, 3.05) is 19.3 Å². The van der Waals surface area contributed by atoms with Crippen molar-refractivity contribution in [1.29, 1.82) is 5.26 Å². The minimum atomic E-state index is -4.96. The highest BCUT2D eigenvalue weighted by atomic mass is 32.2. The predicted molar refractivity (Wildman–Crippen MR) is 109 cm³/mol. The van der Waals surface area contributed by atoms with E-state index in [4.69, 9.17) is 5.26 Å². The minimum Gasteiger partial charge on any atom is -0.405 e. The summed E-state index contributed by atoms with van der Waals surface area (Å²) < 4.78 is 67.6. The number of ether oxygens (including phenoxy) is 1. The average molecular weight is 488 g/mol. The standard InChI is InChI=1S/C20H23F3N4O5S/c1-33(30,31)26-19(6-7-19)18(29)27-8-2-3-15(12-27)17(28)25-11-14-5-4-13(10-24)9-16(14)32-20(21,22)23/h4-5,9,15,26H,2-3,6-8,11-12H2,1H3,(H,25,28). The lowest BCUT2D eigenvalue weighted by Crippen LogP contribution is -2.54. The Labute approximate surface area is 188 Å². The summed E-state index contributed by atoms with van der Waals surface area (Å²) >= 11 is 0. The summed E-state index contributed by atoms with van der Waals surface area (Å²) in [6.45, 7) is 0.201. The van der Waals surface area contributed by atoms with E-state index in [9.17, 15) is 31.2 Å². The highest BCUT2D eigenvalue weighted by molar-refractivity contribution is 7.88. The minimum absolute atomic E-state index is 0.0255. The van der Waals surface area contributed by atoms with Crippen molar-refractivity contribution in [2.24, 2.45) is 5.92 Å². The third-order valence-electron chi connectivity index (χ3n) is 5.49. The molecule has 1 aromatic rings. The Kier molecular flexibility index (Phi) is 6.90. The maximum Gasteiger partial charge on any atom is 0.573 e. The number of piperidine rings is 1. The number of nitrogens with one attached hydrogen (secondary N) is 2. The van der Waals surface area contributed by atoms with Crippen LogP contribution >= 0.6 is 0 Å². The Morgan fingerprint density at radius 1 is 1.33 bits per heavy atom. The van der Waals surface area contributed by atoms with Crippen LogP contribution in [-0.4, -0.2) is 56.4 Å². The van der Waals surface area contributed by atoms with E-state index in [-0.39, 0.29) is 30.1 Å². The van der Waals surface area contributed by atoms with Gasteiger partial charge in [-0.15, -0.1) is 13.2 Å². The molecule has 2 fully saturated rings. The topological polar surface area (TPSA) is 129 Å². The van der Waals surface area contributed by atoms with Gasteiger partial charge in [-0.3, -0.25) is 9.59 Å². The van der Waals surface area contributed by atoms with Crippen molar-refractivity contribution in [3.8, 4) is 11.8 Å². The Balaban J connectivity index is 1.63. The second-order valence-electron chi connectivity index (χ2n) is 8.25. The molecule has 0 spiro atoms. The molecule has 13 heteroatoms. The van der Waals surface area contributed by atoms with Crippen molar-refractivity contribution in [3.63, 3.8) is 0 Å². The fraction of sp³-hybridized carbons (Fsp3) is 0.550. The van der Waals surface area contributed by atoms with Gasteiger partial charge in [-0.05, 0) is 37.8 Å². The van der Waals surface area contributed by atoms with Crippen LogP contribution in [0.4, 0.5) is 13.2 Å². The normalized spacial score (nSPS) is 20.0. The van der Waals surface area contributed by atoms with E-state index >= 15 is 0 Å². The Hall–Kier alpha value is -2.85. The Morgan fingerprint density at radius 3 is 2.61 bits per heavy atom. The maximum absolute atomic E-state index is 12.9. The summed E-state index contributed by atoms with van der Waals surface area (Å²) in [5, 5.41) is 11.5. The molecule has 0 bridgehead atoms. The molecule has 1 saturated heterocycles. The number of hydrogen-bond donors (Lipinski definition) is 2. The lowest BCUT2D eigenvalue weighted by atomic mass is 9.96. The predicted octanol–water partition coefficient (Wildman–Crippen LogP) is 1.39. The van der Waals surface area contributed by atoms with Gasteiger partial charge in [0.15, 0.2) is 0 Å². The number of alkyl halides is 3. The fourth-order valence-electron chi connectivity index (χ4n) is 3.83. The van der Waals surface area contributed by atoms with Gasteiger partial charge in [0.1, 0.15) is 11.3 Å². The number of halogens is 3. The number of carbonyl (C=O) groups is 2. The lowest BCUT2D eigenvalue weighted by Gasteiger charge is -2.34. The van der Waals surface area contributed by atoms with Crippen LogP contribution in [0.5, 0.6) is 5.75 Å².